The number of hydrogen-bond donors (Lipinski definition) is 1. The van der Waals surface area contributed by atoms with Gasteiger partial charge >= 0.3 is 5.97 Å². The number of fused-ring (bicyclic) bond motifs is 1. The third-order valence-electron chi connectivity index (χ3n) is 4.21. The number of rotatable bonds is 2. The van der Waals surface area contributed by atoms with Crippen LogP contribution >= 0.6 is 0 Å². The van der Waals surface area contributed by atoms with E-state index in [9.17, 15) is 14.7 Å². The van der Waals surface area contributed by atoms with Gasteiger partial charge in [0.1, 0.15) is 0 Å². The zero-order valence-electron chi connectivity index (χ0n) is 12.1. The average Bonchev–Trinajstić information content (AvgIpc) is 2.84. The summed E-state index contributed by atoms with van der Waals surface area (Å²) < 4.78 is 1.50. The van der Waals surface area contributed by atoms with Crippen LogP contribution < -0.4 is 5.56 Å². The highest BCUT2D eigenvalue weighted by Gasteiger charge is 2.18. The topological polar surface area (TPSA) is 59.3 Å². The molecule has 1 aromatic carbocycles. The molecule has 2 aromatic rings. The van der Waals surface area contributed by atoms with Gasteiger partial charge in [-0.2, -0.15) is 0 Å². The number of pyridine rings is 1. The quantitative estimate of drug-likeness (QED) is 0.921. The molecule has 0 radical (unpaired) electrons. The van der Waals surface area contributed by atoms with Gasteiger partial charge in [0.15, 0.2) is 0 Å². The maximum atomic E-state index is 12.3. The predicted octanol–water partition coefficient (Wildman–Crippen LogP) is 2.64. The maximum absolute atomic E-state index is 12.3. The molecular weight excluding hydrogens is 266 g/mol. The van der Waals surface area contributed by atoms with Gasteiger partial charge in [-0.15, -0.1) is 0 Å². The first-order valence-electron chi connectivity index (χ1n) is 7.08. The fraction of sp³-hybridized carbons (Fsp3) is 0.294. The van der Waals surface area contributed by atoms with E-state index in [2.05, 4.69) is 0 Å². The van der Waals surface area contributed by atoms with E-state index in [0.717, 1.165) is 24.9 Å². The Morgan fingerprint density at radius 1 is 1.14 bits per heavy atom. The van der Waals surface area contributed by atoms with E-state index in [1.807, 2.05) is 18.2 Å². The molecule has 1 aliphatic carbocycles. The number of aromatic carboxylic acids is 1. The number of benzene rings is 1. The van der Waals surface area contributed by atoms with E-state index >= 15 is 0 Å². The molecule has 4 nitrogen and oxygen atoms in total. The van der Waals surface area contributed by atoms with Crippen LogP contribution in [0.15, 0.2) is 29.1 Å². The molecular formula is C17H17NO3. The highest BCUT2D eigenvalue weighted by Crippen LogP contribution is 2.25. The molecule has 108 valence electrons. The van der Waals surface area contributed by atoms with Gasteiger partial charge in [0, 0.05) is 17.4 Å². The van der Waals surface area contributed by atoms with E-state index < -0.39 is 5.97 Å². The zero-order valence-corrected chi connectivity index (χ0v) is 12.1. The summed E-state index contributed by atoms with van der Waals surface area (Å²) in [6.07, 6.45) is 3.24. The van der Waals surface area contributed by atoms with E-state index in [4.69, 9.17) is 0 Å². The first-order chi connectivity index (χ1) is 9.99. The Hall–Kier alpha value is -2.36. The van der Waals surface area contributed by atoms with Gasteiger partial charge in [-0.1, -0.05) is 6.07 Å². The molecule has 4 heteroatoms. The van der Waals surface area contributed by atoms with Crippen molar-refractivity contribution in [3.8, 4) is 5.69 Å². The number of hydrogen-bond acceptors (Lipinski definition) is 2. The summed E-state index contributed by atoms with van der Waals surface area (Å²) in [5, 5.41) is 9.35. The Morgan fingerprint density at radius 3 is 2.57 bits per heavy atom. The zero-order chi connectivity index (χ0) is 15.1. The number of carboxylic acids is 1. The van der Waals surface area contributed by atoms with Crippen molar-refractivity contribution in [3.63, 3.8) is 0 Å². The number of aryl methyl sites for hydroxylation is 3. The van der Waals surface area contributed by atoms with Crippen molar-refractivity contribution in [1.29, 1.82) is 0 Å². The van der Waals surface area contributed by atoms with Crippen LogP contribution in [0.5, 0.6) is 0 Å². The van der Waals surface area contributed by atoms with Gasteiger partial charge in [0.05, 0.1) is 5.56 Å². The van der Waals surface area contributed by atoms with Crippen LogP contribution in [0.2, 0.25) is 0 Å². The van der Waals surface area contributed by atoms with Crippen LogP contribution in [0.4, 0.5) is 0 Å². The maximum Gasteiger partial charge on any atom is 0.337 e. The minimum Gasteiger partial charge on any atom is -0.478 e. The third-order valence-corrected chi connectivity index (χ3v) is 4.21. The summed E-state index contributed by atoms with van der Waals surface area (Å²) >= 11 is 0. The smallest absolute Gasteiger partial charge is 0.337 e. The molecule has 0 fully saturated rings. The molecule has 0 saturated heterocycles. The van der Waals surface area contributed by atoms with E-state index in [0.29, 0.717) is 11.3 Å². The largest absolute Gasteiger partial charge is 0.478 e. The molecule has 3 rings (SSSR count). The van der Waals surface area contributed by atoms with Gasteiger partial charge in [-0.3, -0.25) is 9.36 Å². The summed E-state index contributed by atoms with van der Waals surface area (Å²) in [7, 11) is 0. The monoisotopic (exact) mass is 283 g/mol. The van der Waals surface area contributed by atoms with Crippen molar-refractivity contribution in [2.24, 2.45) is 0 Å². The molecule has 0 saturated carbocycles. The van der Waals surface area contributed by atoms with E-state index in [-0.39, 0.29) is 11.1 Å². The van der Waals surface area contributed by atoms with Crippen molar-refractivity contribution < 1.29 is 9.90 Å². The van der Waals surface area contributed by atoms with Gasteiger partial charge in [0.2, 0.25) is 0 Å². The Bertz CT molecular complexity index is 802. The Morgan fingerprint density at radius 2 is 1.86 bits per heavy atom. The van der Waals surface area contributed by atoms with Crippen LogP contribution in [0.3, 0.4) is 0 Å². The predicted molar refractivity (Wildman–Crippen MR) is 80.5 cm³/mol. The van der Waals surface area contributed by atoms with Crippen molar-refractivity contribution in [3.05, 3.63) is 62.6 Å². The minimum atomic E-state index is -1.00. The summed E-state index contributed by atoms with van der Waals surface area (Å²) in [5.41, 5.74) is 4.34. The normalized spacial score (nSPS) is 13.2. The molecule has 0 bridgehead atoms. The summed E-state index contributed by atoms with van der Waals surface area (Å²) in [5.74, 6) is -1.00. The fourth-order valence-electron chi connectivity index (χ4n) is 3.23. The summed E-state index contributed by atoms with van der Waals surface area (Å²) in [4.78, 5) is 23.7. The van der Waals surface area contributed by atoms with E-state index in [1.165, 1.54) is 21.8 Å². The number of nitrogens with zero attached hydrogens (tertiary/aromatic N) is 1. The van der Waals surface area contributed by atoms with Gasteiger partial charge in [-0.25, -0.2) is 4.79 Å². The Labute approximate surface area is 122 Å². The molecule has 1 heterocycles. The standard InChI is InChI=1S/C17H17NO3/c1-10-8-15(19)18(11(2)16(10)17(20)21)14-7-6-12-4-3-5-13(12)9-14/h6-9H,3-5H2,1-2H3,(H,20,21). The molecule has 0 spiro atoms. The second-order valence-electron chi connectivity index (χ2n) is 5.57. The van der Waals surface area contributed by atoms with Crippen molar-refractivity contribution in [2.75, 3.05) is 0 Å². The number of carbonyl (C=O) groups is 1. The molecule has 0 amide bonds. The molecule has 0 atom stereocenters. The number of aromatic nitrogens is 1. The number of carboxylic acid groups (broad SMARTS) is 1. The second-order valence-corrected chi connectivity index (χ2v) is 5.57. The lowest BCUT2D eigenvalue weighted by Gasteiger charge is -2.15. The highest BCUT2D eigenvalue weighted by molar-refractivity contribution is 5.90. The van der Waals surface area contributed by atoms with E-state index in [1.54, 1.807) is 13.8 Å². The molecule has 0 unspecified atom stereocenters. The van der Waals surface area contributed by atoms with Crippen molar-refractivity contribution >= 4 is 5.97 Å². The fourth-order valence-corrected chi connectivity index (χ4v) is 3.23. The lowest BCUT2D eigenvalue weighted by atomic mass is 10.1. The minimum absolute atomic E-state index is 0.187. The first kappa shape index (κ1) is 13.6. The molecule has 1 N–H and O–H groups in total. The lowest BCUT2D eigenvalue weighted by molar-refractivity contribution is 0.0694. The molecule has 21 heavy (non-hydrogen) atoms. The van der Waals surface area contributed by atoms with Crippen LogP contribution in [-0.2, 0) is 12.8 Å². The second kappa shape index (κ2) is 4.88. The van der Waals surface area contributed by atoms with Gasteiger partial charge in [0.25, 0.3) is 5.56 Å². The van der Waals surface area contributed by atoms with Crippen LogP contribution in [-0.4, -0.2) is 15.6 Å². The van der Waals surface area contributed by atoms with Crippen LogP contribution in [0.1, 0.15) is 39.2 Å². The lowest BCUT2D eigenvalue weighted by Crippen LogP contribution is -2.24. The molecule has 1 aliphatic rings. The van der Waals surface area contributed by atoms with Crippen molar-refractivity contribution in [2.45, 2.75) is 33.1 Å². The van der Waals surface area contributed by atoms with Gasteiger partial charge in [-0.05, 0) is 61.9 Å². The Balaban J connectivity index is 2.25. The molecule has 1 aromatic heterocycles. The third kappa shape index (κ3) is 2.17. The first-order valence-corrected chi connectivity index (χ1v) is 7.08. The summed E-state index contributed by atoms with van der Waals surface area (Å²) in [6.45, 7) is 3.34. The van der Waals surface area contributed by atoms with Crippen molar-refractivity contribution in [1.82, 2.24) is 4.57 Å². The average molecular weight is 283 g/mol. The Kier molecular flexibility index (Phi) is 3.16. The SMILES string of the molecule is Cc1cc(=O)n(-c2ccc3c(c2)CCC3)c(C)c1C(=O)O. The summed E-state index contributed by atoms with van der Waals surface area (Å²) in [6, 6.07) is 7.35. The van der Waals surface area contributed by atoms with Gasteiger partial charge < -0.3 is 5.11 Å². The highest BCUT2D eigenvalue weighted by atomic mass is 16.4. The molecule has 0 aliphatic heterocycles. The van der Waals surface area contributed by atoms with Crippen LogP contribution in [0, 0.1) is 13.8 Å². The van der Waals surface area contributed by atoms with Crippen LogP contribution in [0.25, 0.3) is 5.69 Å².